The van der Waals surface area contributed by atoms with Gasteiger partial charge in [0.1, 0.15) is 5.82 Å². The third-order valence-electron chi connectivity index (χ3n) is 2.21. The number of ether oxygens (including phenoxy) is 1. The molecule has 1 aromatic carbocycles. The van der Waals surface area contributed by atoms with Crippen LogP contribution in [-0.4, -0.2) is 17.6 Å². The summed E-state index contributed by atoms with van der Waals surface area (Å²) in [5.74, 6) is -0.439. The molecule has 0 aliphatic heterocycles. The molecule has 0 amide bonds. The minimum Gasteiger partial charge on any atom is -0.360 e. The summed E-state index contributed by atoms with van der Waals surface area (Å²) < 4.78 is 54.5. The molecule has 1 aromatic rings. The van der Waals surface area contributed by atoms with Crippen molar-refractivity contribution in [3.8, 4) is 0 Å². The Balaban J connectivity index is 2.75. The van der Waals surface area contributed by atoms with Crippen molar-refractivity contribution in [2.24, 2.45) is 0 Å². The maximum absolute atomic E-state index is 12.7. The van der Waals surface area contributed by atoms with Crippen LogP contribution in [0.15, 0.2) is 24.3 Å². The number of hydrogen-bond donors (Lipinski definition) is 0. The van der Waals surface area contributed by atoms with Gasteiger partial charge in [0.25, 0.3) is 0 Å². The van der Waals surface area contributed by atoms with Gasteiger partial charge in [-0.25, -0.2) is 4.39 Å². The van der Waals surface area contributed by atoms with Crippen molar-refractivity contribution >= 4 is 15.9 Å². The van der Waals surface area contributed by atoms with Gasteiger partial charge in [-0.05, 0) is 24.6 Å². The lowest BCUT2D eigenvalue weighted by atomic mass is 10.1. The molecule has 0 aliphatic carbocycles. The highest BCUT2D eigenvalue weighted by Gasteiger charge is 2.38. The predicted molar refractivity (Wildman–Crippen MR) is 59.5 cm³/mol. The summed E-state index contributed by atoms with van der Waals surface area (Å²) in [6.07, 6.45) is -7.03. The van der Waals surface area contributed by atoms with E-state index in [-0.39, 0.29) is 5.33 Å². The molecule has 1 rings (SSSR count). The first-order valence-corrected chi connectivity index (χ1v) is 6.00. The normalized spacial score (nSPS) is 15.6. The Morgan fingerprint density at radius 3 is 2.18 bits per heavy atom. The SMILES string of the molecule is CC(OC(CBr)c1ccc(F)cc1)C(F)(F)F. The molecule has 6 heteroatoms. The second kappa shape index (κ2) is 5.82. The van der Waals surface area contributed by atoms with Gasteiger partial charge in [0.15, 0.2) is 6.10 Å². The van der Waals surface area contributed by atoms with Crippen molar-refractivity contribution < 1.29 is 22.3 Å². The molecule has 0 N–H and O–H groups in total. The van der Waals surface area contributed by atoms with Crippen molar-refractivity contribution in [3.05, 3.63) is 35.6 Å². The Morgan fingerprint density at radius 1 is 1.24 bits per heavy atom. The zero-order chi connectivity index (χ0) is 13.1. The van der Waals surface area contributed by atoms with Crippen molar-refractivity contribution in [2.75, 3.05) is 5.33 Å². The first-order chi connectivity index (χ1) is 7.84. The Hall–Kier alpha value is -0.620. The van der Waals surface area contributed by atoms with Crippen LogP contribution >= 0.6 is 15.9 Å². The van der Waals surface area contributed by atoms with Crippen molar-refractivity contribution in [2.45, 2.75) is 25.3 Å². The van der Waals surface area contributed by atoms with Gasteiger partial charge < -0.3 is 4.74 Å². The average Bonchev–Trinajstić information content (AvgIpc) is 2.25. The molecule has 2 atom stereocenters. The van der Waals surface area contributed by atoms with Crippen LogP contribution in [0.1, 0.15) is 18.6 Å². The van der Waals surface area contributed by atoms with Gasteiger partial charge in [-0.15, -0.1) is 0 Å². The standard InChI is InChI=1S/C11H11BrF4O/c1-7(11(14,15)16)17-10(6-12)8-2-4-9(13)5-3-8/h2-5,7,10H,6H2,1H3. The van der Waals surface area contributed by atoms with E-state index >= 15 is 0 Å². The molecule has 0 radical (unpaired) electrons. The molecule has 0 heterocycles. The summed E-state index contributed by atoms with van der Waals surface area (Å²) in [7, 11) is 0. The summed E-state index contributed by atoms with van der Waals surface area (Å²) in [4.78, 5) is 0. The van der Waals surface area contributed by atoms with E-state index in [2.05, 4.69) is 15.9 Å². The molecular weight excluding hydrogens is 304 g/mol. The lowest BCUT2D eigenvalue weighted by Crippen LogP contribution is -2.30. The minimum absolute atomic E-state index is 0.207. The molecule has 0 bridgehead atoms. The van der Waals surface area contributed by atoms with Crippen LogP contribution in [0.4, 0.5) is 17.6 Å². The fourth-order valence-corrected chi connectivity index (χ4v) is 1.73. The van der Waals surface area contributed by atoms with E-state index in [0.29, 0.717) is 5.56 Å². The molecule has 2 unspecified atom stereocenters. The first-order valence-electron chi connectivity index (χ1n) is 4.88. The van der Waals surface area contributed by atoms with Crippen molar-refractivity contribution in [3.63, 3.8) is 0 Å². The van der Waals surface area contributed by atoms with Crippen LogP contribution in [0.25, 0.3) is 0 Å². The van der Waals surface area contributed by atoms with Gasteiger partial charge in [-0.1, -0.05) is 28.1 Å². The molecule has 0 spiro atoms. The lowest BCUT2D eigenvalue weighted by Gasteiger charge is -2.23. The molecule has 0 aromatic heterocycles. The zero-order valence-electron chi connectivity index (χ0n) is 8.97. The van der Waals surface area contributed by atoms with Gasteiger partial charge in [-0.2, -0.15) is 13.2 Å². The summed E-state index contributed by atoms with van der Waals surface area (Å²) in [6.45, 7) is 0.944. The Kier molecular flexibility index (Phi) is 4.94. The lowest BCUT2D eigenvalue weighted by molar-refractivity contribution is -0.225. The van der Waals surface area contributed by atoms with Crippen LogP contribution in [-0.2, 0) is 4.74 Å². The molecule has 0 aliphatic rings. The summed E-state index contributed by atoms with van der Waals surface area (Å²) in [6, 6.07) is 5.19. The highest BCUT2D eigenvalue weighted by molar-refractivity contribution is 9.09. The van der Waals surface area contributed by atoms with E-state index in [4.69, 9.17) is 4.74 Å². The van der Waals surface area contributed by atoms with Crippen LogP contribution in [0.3, 0.4) is 0 Å². The first kappa shape index (κ1) is 14.4. The maximum atomic E-state index is 12.7. The second-order valence-electron chi connectivity index (χ2n) is 3.51. The molecule has 0 saturated heterocycles. The van der Waals surface area contributed by atoms with E-state index in [1.807, 2.05) is 0 Å². The Bertz CT molecular complexity index is 349. The smallest absolute Gasteiger partial charge is 0.360 e. The van der Waals surface area contributed by atoms with Crippen LogP contribution < -0.4 is 0 Å². The Morgan fingerprint density at radius 2 is 1.76 bits per heavy atom. The van der Waals surface area contributed by atoms with E-state index in [0.717, 1.165) is 6.92 Å². The van der Waals surface area contributed by atoms with Gasteiger partial charge >= 0.3 is 6.18 Å². The number of benzene rings is 1. The predicted octanol–water partition coefficient (Wildman–Crippen LogP) is 4.23. The fraction of sp³-hybridized carbons (Fsp3) is 0.455. The maximum Gasteiger partial charge on any atom is 0.414 e. The molecule has 1 nitrogen and oxygen atoms in total. The summed E-state index contributed by atoms with van der Waals surface area (Å²) in [5, 5.41) is 0.207. The molecule has 0 fully saturated rings. The van der Waals surface area contributed by atoms with Gasteiger partial charge in [0.2, 0.25) is 0 Å². The third kappa shape index (κ3) is 4.27. The van der Waals surface area contributed by atoms with Gasteiger partial charge in [0.05, 0.1) is 6.10 Å². The summed E-state index contributed by atoms with van der Waals surface area (Å²) in [5.41, 5.74) is 0.499. The fourth-order valence-electron chi connectivity index (χ4n) is 1.21. The molecule has 0 saturated carbocycles. The van der Waals surface area contributed by atoms with Crippen molar-refractivity contribution in [1.29, 1.82) is 0 Å². The largest absolute Gasteiger partial charge is 0.414 e. The van der Waals surface area contributed by atoms with Crippen LogP contribution in [0.2, 0.25) is 0 Å². The number of hydrogen-bond acceptors (Lipinski definition) is 1. The van der Waals surface area contributed by atoms with E-state index in [9.17, 15) is 17.6 Å². The highest BCUT2D eigenvalue weighted by Crippen LogP contribution is 2.29. The molecule has 17 heavy (non-hydrogen) atoms. The number of rotatable bonds is 4. The zero-order valence-corrected chi connectivity index (χ0v) is 10.6. The number of halogens is 5. The number of alkyl halides is 4. The Labute approximate surface area is 105 Å². The van der Waals surface area contributed by atoms with E-state index in [1.165, 1.54) is 24.3 Å². The van der Waals surface area contributed by atoms with Gasteiger partial charge in [0, 0.05) is 5.33 Å². The second-order valence-corrected chi connectivity index (χ2v) is 4.16. The summed E-state index contributed by atoms with van der Waals surface area (Å²) >= 11 is 3.08. The van der Waals surface area contributed by atoms with Crippen LogP contribution in [0.5, 0.6) is 0 Å². The van der Waals surface area contributed by atoms with Crippen molar-refractivity contribution in [1.82, 2.24) is 0 Å². The van der Waals surface area contributed by atoms with E-state index < -0.39 is 24.2 Å². The molecule has 96 valence electrons. The van der Waals surface area contributed by atoms with E-state index in [1.54, 1.807) is 0 Å². The average molecular weight is 315 g/mol. The highest BCUT2D eigenvalue weighted by atomic mass is 79.9. The topological polar surface area (TPSA) is 9.23 Å². The van der Waals surface area contributed by atoms with Gasteiger partial charge in [-0.3, -0.25) is 0 Å². The minimum atomic E-state index is -4.40. The third-order valence-corrected chi connectivity index (χ3v) is 2.80. The monoisotopic (exact) mass is 314 g/mol. The van der Waals surface area contributed by atoms with Crippen LogP contribution in [0, 0.1) is 5.82 Å². The quantitative estimate of drug-likeness (QED) is 0.597. The molecular formula is C11H11BrF4O.